The van der Waals surface area contributed by atoms with Crippen molar-refractivity contribution in [3.63, 3.8) is 0 Å². The maximum Gasteiger partial charge on any atom is 0.332 e. The van der Waals surface area contributed by atoms with Crippen molar-refractivity contribution < 1.29 is 14.6 Å². The second-order valence-corrected chi connectivity index (χ2v) is 4.45. The van der Waals surface area contributed by atoms with E-state index >= 15 is 0 Å². The molecule has 0 saturated carbocycles. The maximum absolute atomic E-state index is 10.9. The van der Waals surface area contributed by atoms with E-state index in [1.807, 2.05) is 25.2 Å². The standard InChI is InChI=1S/C14H22N2O3/c1-3-19-13(14(17)18)8-11-16(2)10-7-12-6-4-5-9-15-12/h4-6,9,13H,3,7-8,10-11H2,1-2H3,(H,17,18). The van der Waals surface area contributed by atoms with Crippen LogP contribution in [-0.2, 0) is 16.0 Å². The van der Waals surface area contributed by atoms with Gasteiger partial charge in [-0.25, -0.2) is 4.79 Å². The fourth-order valence-corrected chi connectivity index (χ4v) is 1.78. The zero-order valence-electron chi connectivity index (χ0n) is 11.6. The van der Waals surface area contributed by atoms with E-state index < -0.39 is 12.1 Å². The summed E-state index contributed by atoms with van der Waals surface area (Å²) in [6.45, 7) is 3.79. The summed E-state index contributed by atoms with van der Waals surface area (Å²) >= 11 is 0. The van der Waals surface area contributed by atoms with Gasteiger partial charge in [-0.1, -0.05) is 6.07 Å². The molecule has 1 atom stereocenters. The first kappa shape index (κ1) is 15.6. The first-order valence-electron chi connectivity index (χ1n) is 6.56. The number of nitrogens with zero attached hydrogens (tertiary/aromatic N) is 2. The summed E-state index contributed by atoms with van der Waals surface area (Å²) in [4.78, 5) is 17.3. The average Bonchev–Trinajstić information content (AvgIpc) is 2.42. The van der Waals surface area contributed by atoms with Crippen LogP contribution in [0.25, 0.3) is 0 Å². The molecule has 0 bridgehead atoms. The van der Waals surface area contributed by atoms with E-state index in [0.29, 0.717) is 19.6 Å². The molecule has 1 aromatic heterocycles. The number of carbonyl (C=O) groups is 1. The molecular weight excluding hydrogens is 244 g/mol. The van der Waals surface area contributed by atoms with E-state index in [1.165, 1.54) is 0 Å². The largest absolute Gasteiger partial charge is 0.479 e. The van der Waals surface area contributed by atoms with Crippen LogP contribution in [0.3, 0.4) is 0 Å². The highest BCUT2D eigenvalue weighted by molar-refractivity contribution is 5.72. The molecule has 0 radical (unpaired) electrons. The van der Waals surface area contributed by atoms with Crippen LogP contribution >= 0.6 is 0 Å². The van der Waals surface area contributed by atoms with Crippen LogP contribution in [0.4, 0.5) is 0 Å². The Morgan fingerprint density at radius 1 is 1.47 bits per heavy atom. The van der Waals surface area contributed by atoms with Crippen LogP contribution in [-0.4, -0.2) is 53.8 Å². The first-order chi connectivity index (χ1) is 9.13. The van der Waals surface area contributed by atoms with E-state index in [-0.39, 0.29) is 0 Å². The minimum Gasteiger partial charge on any atom is -0.479 e. The van der Waals surface area contributed by atoms with Gasteiger partial charge in [0.1, 0.15) is 0 Å². The van der Waals surface area contributed by atoms with Crippen LogP contribution < -0.4 is 0 Å². The van der Waals surface area contributed by atoms with Gasteiger partial charge in [-0.05, 0) is 32.5 Å². The molecule has 19 heavy (non-hydrogen) atoms. The van der Waals surface area contributed by atoms with Crippen LogP contribution in [0.2, 0.25) is 0 Å². The molecule has 5 heteroatoms. The quantitative estimate of drug-likeness (QED) is 0.732. The van der Waals surface area contributed by atoms with Gasteiger partial charge < -0.3 is 14.7 Å². The van der Waals surface area contributed by atoms with E-state index in [4.69, 9.17) is 9.84 Å². The third-order valence-corrected chi connectivity index (χ3v) is 2.89. The number of hydrogen-bond acceptors (Lipinski definition) is 4. The number of aliphatic carboxylic acids is 1. The SMILES string of the molecule is CCOC(CCN(C)CCc1ccccn1)C(=O)O. The molecule has 0 aliphatic rings. The fraction of sp³-hybridized carbons (Fsp3) is 0.571. The molecule has 106 valence electrons. The molecule has 1 aromatic rings. The monoisotopic (exact) mass is 266 g/mol. The Bertz CT molecular complexity index is 370. The third kappa shape index (κ3) is 6.31. The topological polar surface area (TPSA) is 62.7 Å². The molecule has 1 unspecified atom stereocenters. The molecule has 0 fully saturated rings. The predicted molar refractivity (Wildman–Crippen MR) is 73.1 cm³/mol. The third-order valence-electron chi connectivity index (χ3n) is 2.89. The number of carboxylic acids is 1. The van der Waals surface area contributed by atoms with Gasteiger partial charge >= 0.3 is 5.97 Å². The Morgan fingerprint density at radius 2 is 2.26 bits per heavy atom. The van der Waals surface area contributed by atoms with Crippen molar-refractivity contribution in [1.29, 1.82) is 0 Å². The molecule has 0 aromatic carbocycles. The van der Waals surface area contributed by atoms with Crippen molar-refractivity contribution in [2.75, 3.05) is 26.7 Å². The lowest BCUT2D eigenvalue weighted by Crippen LogP contribution is -2.31. The van der Waals surface area contributed by atoms with Gasteiger partial charge in [-0.2, -0.15) is 0 Å². The molecule has 0 amide bonds. The number of aromatic nitrogens is 1. The lowest BCUT2D eigenvalue weighted by Gasteiger charge is -2.19. The van der Waals surface area contributed by atoms with Gasteiger partial charge in [0.2, 0.25) is 0 Å². The zero-order valence-corrected chi connectivity index (χ0v) is 11.6. The summed E-state index contributed by atoms with van der Waals surface area (Å²) in [7, 11) is 1.98. The summed E-state index contributed by atoms with van der Waals surface area (Å²) in [6, 6.07) is 5.86. The number of ether oxygens (including phenoxy) is 1. The predicted octanol–water partition coefficient (Wildman–Crippen LogP) is 1.44. The summed E-state index contributed by atoms with van der Waals surface area (Å²) in [5, 5.41) is 8.97. The molecule has 0 aliphatic heterocycles. The minimum absolute atomic E-state index is 0.425. The lowest BCUT2D eigenvalue weighted by molar-refractivity contribution is -0.150. The Balaban J connectivity index is 2.27. The Morgan fingerprint density at radius 3 is 2.84 bits per heavy atom. The molecule has 1 N–H and O–H groups in total. The Hall–Kier alpha value is -1.46. The number of hydrogen-bond donors (Lipinski definition) is 1. The van der Waals surface area contributed by atoms with Crippen molar-refractivity contribution in [2.45, 2.75) is 25.9 Å². The maximum atomic E-state index is 10.9. The van der Waals surface area contributed by atoms with Gasteiger partial charge in [-0.15, -0.1) is 0 Å². The summed E-state index contributed by atoms with van der Waals surface area (Å²) in [6.07, 6.45) is 2.44. The summed E-state index contributed by atoms with van der Waals surface area (Å²) in [5.74, 6) is -0.889. The van der Waals surface area contributed by atoms with E-state index in [1.54, 1.807) is 13.1 Å². The molecule has 0 spiro atoms. The molecule has 1 heterocycles. The molecule has 0 saturated heterocycles. The van der Waals surface area contributed by atoms with Gasteiger partial charge in [0.15, 0.2) is 6.10 Å². The van der Waals surface area contributed by atoms with Crippen molar-refractivity contribution in [1.82, 2.24) is 9.88 Å². The molecule has 5 nitrogen and oxygen atoms in total. The highest BCUT2D eigenvalue weighted by Crippen LogP contribution is 2.02. The Labute approximate surface area is 114 Å². The van der Waals surface area contributed by atoms with Gasteiger partial charge in [-0.3, -0.25) is 4.98 Å². The van der Waals surface area contributed by atoms with E-state index in [9.17, 15) is 4.79 Å². The number of carboxylic acid groups (broad SMARTS) is 1. The molecule has 1 rings (SSSR count). The first-order valence-corrected chi connectivity index (χ1v) is 6.56. The molecule has 0 aliphatic carbocycles. The minimum atomic E-state index is -0.889. The van der Waals surface area contributed by atoms with Crippen LogP contribution in [0.5, 0.6) is 0 Å². The van der Waals surface area contributed by atoms with Crippen LogP contribution in [0.15, 0.2) is 24.4 Å². The van der Waals surface area contributed by atoms with Crippen molar-refractivity contribution in [2.24, 2.45) is 0 Å². The second kappa shape index (κ2) is 8.61. The molecular formula is C14H22N2O3. The smallest absolute Gasteiger partial charge is 0.332 e. The van der Waals surface area contributed by atoms with Gasteiger partial charge in [0.05, 0.1) is 0 Å². The van der Waals surface area contributed by atoms with E-state index in [0.717, 1.165) is 18.7 Å². The number of pyridine rings is 1. The fourth-order valence-electron chi connectivity index (χ4n) is 1.78. The van der Waals surface area contributed by atoms with Gasteiger partial charge in [0.25, 0.3) is 0 Å². The van der Waals surface area contributed by atoms with Crippen LogP contribution in [0.1, 0.15) is 19.0 Å². The zero-order chi connectivity index (χ0) is 14.1. The summed E-state index contributed by atoms with van der Waals surface area (Å²) < 4.78 is 5.18. The van der Waals surface area contributed by atoms with Crippen molar-refractivity contribution >= 4 is 5.97 Å². The Kier molecular flexibility index (Phi) is 7.07. The van der Waals surface area contributed by atoms with E-state index in [2.05, 4.69) is 9.88 Å². The highest BCUT2D eigenvalue weighted by Gasteiger charge is 2.17. The number of rotatable bonds is 9. The second-order valence-electron chi connectivity index (χ2n) is 4.45. The van der Waals surface area contributed by atoms with Gasteiger partial charge in [0, 0.05) is 38.0 Å². The van der Waals surface area contributed by atoms with Crippen LogP contribution in [0, 0.1) is 0 Å². The average molecular weight is 266 g/mol. The van der Waals surface area contributed by atoms with Crippen molar-refractivity contribution in [3.05, 3.63) is 30.1 Å². The van der Waals surface area contributed by atoms with Crippen molar-refractivity contribution in [3.8, 4) is 0 Å². The normalized spacial score (nSPS) is 12.6. The highest BCUT2D eigenvalue weighted by atomic mass is 16.5. The lowest BCUT2D eigenvalue weighted by atomic mass is 10.2. The number of likely N-dealkylation sites (N-methyl/N-ethyl adjacent to an activating group) is 1. The summed E-state index contributed by atoms with van der Waals surface area (Å²) in [5.41, 5.74) is 1.05.